The molecular weight excluding hydrogens is 403 g/mol. The molecule has 0 fully saturated rings. The number of pyridine rings is 2. The summed E-state index contributed by atoms with van der Waals surface area (Å²) in [5.41, 5.74) is 4.44. The van der Waals surface area contributed by atoms with E-state index in [9.17, 15) is 18.4 Å². The first-order valence-electron chi connectivity index (χ1n) is 8.69. The van der Waals surface area contributed by atoms with Crippen LogP contribution in [0.15, 0.2) is 35.4 Å². The van der Waals surface area contributed by atoms with Gasteiger partial charge in [0.05, 0.1) is 40.2 Å². The van der Waals surface area contributed by atoms with Gasteiger partial charge in [0, 0.05) is 24.9 Å². The number of fused-ring (bicyclic) bond motifs is 3. The van der Waals surface area contributed by atoms with Gasteiger partial charge in [0.2, 0.25) is 5.95 Å². The zero-order chi connectivity index (χ0) is 21.6. The topological polar surface area (TPSA) is 105 Å². The molecule has 0 bridgehead atoms. The molecule has 4 rings (SSSR count). The fraction of sp³-hybridized carbons (Fsp3) is 0.158. The number of carbonyl (C=O) groups excluding carboxylic acids is 1. The van der Waals surface area contributed by atoms with Gasteiger partial charge >= 0.3 is 11.8 Å². The van der Waals surface area contributed by atoms with Crippen molar-refractivity contribution < 1.29 is 22.7 Å². The van der Waals surface area contributed by atoms with Crippen molar-refractivity contribution in [1.82, 2.24) is 19.1 Å². The number of amides is 1. The number of nitrogens with two attached hydrogens (primary N) is 1. The highest BCUT2D eigenvalue weighted by Gasteiger charge is 2.22. The Morgan fingerprint density at radius 2 is 1.97 bits per heavy atom. The van der Waals surface area contributed by atoms with E-state index in [2.05, 4.69) is 14.7 Å². The molecule has 0 aliphatic rings. The molecule has 1 aromatic carbocycles. The van der Waals surface area contributed by atoms with Crippen LogP contribution in [0.25, 0.3) is 33.1 Å². The van der Waals surface area contributed by atoms with Gasteiger partial charge < -0.3 is 10.5 Å². The first-order chi connectivity index (χ1) is 14.3. The van der Waals surface area contributed by atoms with Crippen molar-refractivity contribution >= 4 is 28.0 Å². The van der Waals surface area contributed by atoms with E-state index in [-0.39, 0.29) is 35.1 Å². The lowest BCUT2D eigenvalue weighted by atomic mass is 10.0. The molecule has 0 unspecified atom stereocenters. The summed E-state index contributed by atoms with van der Waals surface area (Å²) in [4.78, 5) is 31.0. The van der Waals surface area contributed by atoms with Crippen LogP contribution < -0.4 is 11.4 Å². The fourth-order valence-corrected chi connectivity index (χ4v) is 3.39. The van der Waals surface area contributed by atoms with E-state index in [1.807, 2.05) is 0 Å². The van der Waals surface area contributed by atoms with Crippen molar-refractivity contribution in [2.75, 3.05) is 6.61 Å². The van der Waals surface area contributed by atoms with Crippen LogP contribution in [0, 0.1) is 17.6 Å². The molecule has 3 heterocycles. The van der Waals surface area contributed by atoms with Crippen LogP contribution in [0.3, 0.4) is 0 Å². The van der Waals surface area contributed by atoms with Gasteiger partial charge in [-0.15, -0.1) is 0 Å². The van der Waals surface area contributed by atoms with Gasteiger partial charge in [-0.25, -0.2) is 23.4 Å². The molecule has 3 aromatic heterocycles. The number of nitrogens with zero attached hydrogens (tertiary/aromatic N) is 4. The number of primary amides is 1. The van der Waals surface area contributed by atoms with Crippen LogP contribution in [0.4, 0.5) is 18.0 Å². The summed E-state index contributed by atoms with van der Waals surface area (Å²) < 4.78 is 50.5. The molecular formula is C19H14F3N5O3. The number of hydrogen-bond acceptors (Lipinski definition) is 5. The molecule has 0 saturated heterocycles. The molecule has 0 aliphatic carbocycles. The van der Waals surface area contributed by atoms with Crippen molar-refractivity contribution in [2.24, 2.45) is 12.8 Å². The molecule has 154 valence electrons. The van der Waals surface area contributed by atoms with Crippen LogP contribution >= 0.6 is 0 Å². The molecule has 0 aliphatic heterocycles. The third-order valence-corrected chi connectivity index (χ3v) is 4.73. The maximum atomic E-state index is 15.6. The van der Waals surface area contributed by atoms with Crippen LogP contribution in [0.2, 0.25) is 0 Å². The number of rotatable bonds is 4. The minimum Gasteiger partial charge on any atom is -0.448 e. The molecule has 30 heavy (non-hydrogen) atoms. The predicted molar refractivity (Wildman–Crippen MR) is 101 cm³/mol. The second kappa shape index (κ2) is 7.17. The van der Waals surface area contributed by atoms with E-state index in [4.69, 9.17) is 5.73 Å². The highest BCUT2D eigenvalue weighted by Crippen LogP contribution is 2.34. The van der Waals surface area contributed by atoms with Crippen molar-refractivity contribution in [3.8, 4) is 11.1 Å². The SMILES string of the molecule is Cn1c(=O)n(CCOC(N)=O)c2c3c(F)c(-c4ccc(F)nc4)c(F)cc3ncc21. The average molecular weight is 417 g/mol. The van der Waals surface area contributed by atoms with E-state index in [0.29, 0.717) is 5.52 Å². The fourth-order valence-electron chi connectivity index (χ4n) is 3.39. The van der Waals surface area contributed by atoms with Gasteiger partial charge in [0.1, 0.15) is 18.2 Å². The van der Waals surface area contributed by atoms with Gasteiger partial charge in [-0.05, 0) is 12.1 Å². The first kappa shape index (κ1) is 19.4. The number of benzene rings is 1. The number of carbonyl (C=O) groups is 1. The molecule has 8 nitrogen and oxygen atoms in total. The number of ether oxygens (including phenoxy) is 1. The summed E-state index contributed by atoms with van der Waals surface area (Å²) in [5, 5.41) is -0.106. The second-order valence-electron chi connectivity index (χ2n) is 6.46. The van der Waals surface area contributed by atoms with Crippen LogP contribution in [-0.4, -0.2) is 31.8 Å². The first-order valence-corrected chi connectivity index (χ1v) is 8.69. The van der Waals surface area contributed by atoms with Crippen molar-refractivity contribution in [1.29, 1.82) is 0 Å². The van der Waals surface area contributed by atoms with Gasteiger partial charge in [0.15, 0.2) is 0 Å². The van der Waals surface area contributed by atoms with Crippen LogP contribution in [0.1, 0.15) is 0 Å². The van der Waals surface area contributed by atoms with E-state index in [1.54, 1.807) is 0 Å². The van der Waals surface area contributed by atoms with E-state index < -0.39 is 34.9 Å². The van der Waals surface area contributed by atoms with Crippen molar-refractivity contribution in [3.63, 3.8) is 0 Å². The van der Waals surface area contributed by atoms with E-state index in [1.165, 1.54) is 28.4 Å². The standard InChI is InChI=1S/C19H14F3N5O3/c1-26-12-8-24-11-6-10(20)14(9-2-3-13(21)25-7-9)16(22)15(11)17(12)27(19(26)29)4-5-30-18(23)28/h2-3,6-8H,4-5H2,1H3,(H2,23,28). The average Bonchev–Trinajstić information content (AvgIpc) is 2.93. The Labute approximate surface area is 166 Å². The predicted octanol–water partition coefficient (Wildman–Crippen LogP) is 2.46. The molecule has 4 aromatic rings. The summed E-state index contributed by atoms with van der Waals surface area (Å²) in [6.45, 7) is -0.335. The monoisotopic (exact) mass is 417 g/mol. The number of aromatic nitrogens is 4. The summed E-state index contributed by atoms with van der Waals surface area (Å²) in [5.74, 6) is -2.69. The third-order valence-electron chi connectivity index (χ3n) is 4.73. The lowest BCUT2D eigenvalue weighted by Crippen LogP contribution is -2.25. The molecule has 0 radical (unpaired) electrons. The largest absolute Gasteiger partial charge is 0.448 e. The number of imidazole rings is 1. The Hall–Kier alpha value is -3.89. The maximum absolute atomic E-state index is 15.6. The van der Waals surface area contributed by atoms with Gasteiger partial charge in [-0.1, -0.05) is 0 Å². The summed E-state index contributed by atoms with van der Waals surface area (Å²) >= 11 is 0. The summed E-state index contributed by atoms with van der Waals surface area (Å²) in [6, 6.07) is 3.21. The Bertz CT molecular complexity index is 1360. The van der Waals surface area contributed by atoms with Gasteiger partial charge in [-0.2, -0.15) is 4.39 Å². The zero-order valence-corrected chi connectivity index (χ0v) is 15.5. The molecule has 0 spiro atoms. The normalized spacial score (nSPS) is 11.3. The summed E-state index contributed by atoms with van der Waals surface area (Å²) in [6.07, 6.45) is 1.31. The number of hydrogen-bond donors (Lipinski definition) is 1. The Morgan fingerprint density at radius 1 is 1.20 bits per heavy atom. The Kier molecular flexibility index (Phi) is 4.65. The lowest BCUT2D eigenvalue weighted by Gasteiger charge is -2.11. The van der Waals surface area contributed by atoms with Gasteiger partial charge in [-0.3, -0.25) is 14.1 Å². The molecule has 11 heteroatoms. The summed E-state index contributed by atoms with van der Waals surface area (Å²) in [7, 11) is 1.47. The Balaban J connectivity index is 2.03. The minimum atomic E-state index is -1.02. The molecule has 2 N–H and O–H groups in total. The van der Waals surface area contributed by atoms with Crippen molar-refractivity contribution in [3.05, 3.63) is 58.7 Å². The van der Waals surface area contributed by atoms with Crippen molar-refractivity contribution in [2.45, 2.75) is 6.54 Å². The van der Waals surface area contributed by atoms with E-state index in [0.717, 1.165) is 18.3 Å². The second-order valence-corrected chi connectivity index (χ2v) is 6.46. The van der Waals surface area contributed by atoms with E-state index >= 15 is 4.39 Å². The number of aryl methyl sites for hydroxylation is 1. The number of halogens is 3. The van der Waals surface area contributed by atoms with Crippen LogP contribution in [0.5, 0.6) is 0 Å². The quantitative estimate of drug-likeness (QED) is 0.514. The zero-order valence-electron chi connectivity index (χ0n) is 15.5. The lowest BCUT2D eigenvalue weighted by molar-refractivity contribution is 0.152. The Morgan fingerprint density at radius 3 is 2.63 bits per heavy atom. The van der Waals surface area contributed by atoms with Crippen LogP contribution in [-0.2, 0) is 18.3 Å². The minimum absolute atomic E-state index is 0.0205. The molecule has 0 saturated carbocycles. The highest BCUT2D eigenvalue weighted by atomic mass is 19.1. The smallest absolute Gasteiger partial charge is 0.404 e. The third kappa shape index (κ3) is 3.04. The molecule has 1 amide bonds. The molecule has 0 atom stereocenters. The highest BCUT2D eigenvalue weighted by molar-refractivity contribution is 6.04. The maximum Gasteiger partial charge on any atom is 0.404 e. The van der Waals surface area contributed by atoms with Gasteiger partial charge in [0.25, 0.3) is 0 Å².